The number of hydrogen-bond acceptors (Lipinski definition) is 2. The summed E-state index contributed by atoms with van der Waals surface area (Å²) in [5.74, 6) is 5.72. The maximum Gasteiger partial charge on any atom is 0.136 e. The van der Waals surface area contributed by atoms with Crippen molar-refractivity contribution in [2.24, 2.45) is 0 Å². The van der Waals surface area contributed by atoms with Gasteiger partial charge in [-0.15, -0.1) is 0 Å². The summed E-state index contributed by atoms with van der Waals surface area (Å²) in [6.07, 6.45) is 5.19. The van der Waals surface area contributed by atoms with Gasteiger partial charge in [-0.2, -0.15) is 5.10 Å². The SMILES string of the molecule is Fc1ccc(-n2ccc(C#Cc3ccncc3)n2)cc1. The minimum atomic E-state index is -0.265. The Morgan fingerprint density at radius 1 is 0.900 bits per heavy atom. The van der Waals surface area contributed by atoms with Gasteiger partial charge in [-0.25, -0.2) is 9.07 Å². The van der Waals surface area contributed by atoms with Crippen LogP contribution in [-0.2, 0) is 0 Å². The van der Waals surface area contributed by atoms with Gasteiger partial charge < -0.3 is 0 Å². The van der Waals surface area contributed by atoms with E-state index in [2.05, 4.69) is 21.9 Å². The van der Waals surface area contributed by atoms with Crippen LogP contribution in [-0.4, -0.2) is 14.8 Å². The molecule has 0 unspecified atom stereocenters. The zero-order valence-corrected chi connectivity index (χ0v) is 10.5. The van der Waals surface area contributed by atoms with Crippen molar-refractivity contribution in [1.82, 2.24) is 14.8 Å². The number of halogens is 1. The second-order valence-electron chi connectivity index (χ2n) is 4.11. The number of hydrogen-bond donors (Lipinski definition) is 0. The molecule has 0 spiro atoms. The van der Waals surface area contributed by atoms with Crippen LogP contribution in [0.5, 0.6) is 0 Å². The fourth-order valence-corrected chi connectivity index (χ4v) is 1.70. The molecule has 0 amide bonds. The average molecular weight is 263 g/mol. The fraction of sp³-hybridized carbons (Fsp3) is 0. The van der Waals surface area contributed by atoms with Crippen LogP contribution in [0.2, 0.25) is 0 Å². The summed E-state index contributed by atoms with van der Waals surface area (Å²) < 4.78 is 14.5. The monoisotopic (exact) mass is 263 g/mol. The van der Waals surface area contributed by atoms with Crippen molar-refractivity contribution in [1.29, 1.82) is 0 Å². The van der Waals surface area contributed by atoms with Crippen molar-refractivity contribution in [2.75, 3.05) is 0 Å². The van der Waals surface area contributed by atoms with E-state index >= 15 is 0 Å². The van der Waals surface area contributed by atoms with Gasteiger partial charge in [0.2, 0.25) is 0 Å². The first kappa shape index (κ1) is 12.1. The highest BCUT2D eigenvalue weighted by Gasteiger charge is 1.99. The summed E-state index contributed by atoms with van der Waals surface area (Å²) in [5, 5.41) is 4.33. The second kappa shape index (κ2) is 5.37. The van der Waals surface area contributed by atoms with E-state index in [0.717, 1.165) is 11.3 Å². The van der Waals surface area contributed by atoms with Gasteiger partial charge in [-0.1, -0.05) is 5.92 Å². The molecule has 0 aliphatic heterocycles. The van der Waals surface area contributed by atoms with Gasteiger partial charge in [0.15, 0.2) is 0 Å². The molecule has 96 valence electrons. The van der Waals surface area contributed by atoms with Crippen LogP contribution in [0, 0.1) is 17.7 Å². The third-order valence-electron chi connectivity index (χ3n) is 2.70. The van der Waals surface area contributed by atoms with Crippen LogP contribution in [0.4, 0.5) is 4.39 Å². The topological polar surface area (TPSA) is 30.7 Å². The molecule has 2 aromatic heterocycles. The van der Waals surface area contributed by atoms with Gasteiger partial charge in [0.05, 0.1) is 5.69 Å². The molecule has 2 heterocycles. The van der Waals surface area contributed by atoms with E-state index in [4.69, 9.17) is 0 Å². The molecule has 0 saturated heterocycles. The minimum Gasteiger partial charge on any atom is -0.265 e. The summed E-state index contributed by atoms with van der Waals surface area (Å²) in [4.78, 5) is 3.93. The molecule has 0 atom stereocenters. The maximum absolute atomic E-state index is 12.9. The van der Waals surface area contributed by atoms with Crippen molar-refractivity contribution in [3.05, 3.63) is 78.1 Å². The van der Waals surface area contributed by atoms with Crippen molar-refractivity contribution in [3.63, 3.8) is 0 Å². The lowest BCUT2D eigenvalue weighted by Crippen LogP contribution is -1.94. The van der Waals surface area contributed by atoms with E-state index in [1.54, 1.807) is 35.4 Å². The molecule has 20 heavy (non-hydrogen) atoms. The van der Waals surface area contributed by atoms with Crippen molar-refractivity contribution in [2.45, 2.75) is 0 Å². The maximum atomic E-state index is 12.9. The number of rotatable bonds is 1. The average Bonchev–Trinajstić information content (AvgIpc) is 2.96. The van der Waals surface area contributed by atoms with Crippen LogP contribution in [0.15, 0.2) is 61.1 Å². The molecular formula is C16H10FN3. The fourth-order valence-electron chi connectivity index (χ4n) is 1.70. The highest BCUT2D eigenvalue weighted by molar-refractivity contribution is 5.39. The molecule has 0 bridgehead atoms. The molecule has 4 heteroatoms. The molecule has 3 rings (SSSR count). The zero-order valence-electron chi connectivity index (χ0n) is 10.5. The highest BCUT2D eigenvalue weighted by Crippen LogP contribution is 2.08. The van der Waals surface area contributed by atoms with Gasteiger partial charge in [0.25, 0.3) is 0 Å². The first-order chi connectivity index (χ1) is 9.81. The van der Waals surface area contributed by atoms with Crippen LogP contribution < -0.4 is 0 Å². The molecule has 0 radical (unpaired) electrons. The molecule has 0 N–H and O–H groups in total. The number of benzene rings is 1. The Kier molecular flexibility index (Phi) is 3.25. The predicted octanol–water partition coefficient (Wildman–Crippen LogP) is 2.81. The summed E-state index contributed by atoms with van der Waals surface area (Å²) in [6, 6.07) is 11.6. The van der Waals surface area contributed by atoms with Crippen LogP contribution in [0.3, 0.4) is 0 Å². The minimum absolute atomic E-state index is 0.265. The van der Waals surface area contributed by atoms with E-state index in [9.17, 15) is 4.39 Å². The van der Waals surface area contributed by atoms with E-state index in [0.29, 0.717) is 5.69 Å². The Hall–Kier alpha value is -2.93. The molecule has 0 aliphatic rings. The molecule has 0 aliphatic carbocycles. The van der Waals surface area contributed by atoms with Gasteiger partial charge in [-0.3, -0.25) is 4.98 Å². The third kappa shape index (κ3) is 2.73. The molecule has 3 aromatic rings. The predicted molar refractivity (Wildman–Crippen MR) is 73.7 cm³/mol. The van der Waals surface area contributed by atoms with E-state index in [1.807, 2.05) is 18.2 Å². The molecule has 0 fully saturated rings. The van der Waals surface area contributed by atoms with Gasteiger partial charge in [0, 0.05) is 24.2 Å². The lowest BCUT2D eigenvalue weighted by molar-refractivity contribution is 0.627. The smallest absolute Gasteiger partial charge is 0.136 e. The second-order valence-corrected chi connectivity index (χ2v) is 4.11. The Bertz CT molecular complexity index is 765. The Morgan fingerprint density at radius 3 is 2.40 bits per heavy atom. The number of nitrogens with zero attached hydrogens (tertiary/aromatic N) is 3. The van der Waals surface area contributed by atoms with Crippen molar-refractivity contribution in [3.8, 4) is 17.5 Å². The molecule has 0 saturated carbocycles. The van der Waals surface area contributed by atoms with Gasteiger partial charge >= 0.3 is 0 Å². The van der Waals surface area contributed by atoms with Gasteiger partial charge in [-0.05, 0) is 48.4 Å². The highest BCUT2D eigenvalue weighted by atomic mass is 19.1. The van der Waals surface area contributed by atoms with Gasteiger partial charge in [0.1, 0.15) is 11.5 Å². The first-order valence-electron chi connectivity index (χ1n) is 6.05. The van der Waals surface area contributed by atoms with Crippen LogP contribution >= 0.6 is 0 Å². The van der Waals surface area contributed by atoms with E-state index in [-0.39, 0.29) is 5.82 Å². The first-order valence-corrected chi connectivity index (χ1v) is 6.05. The van der Waals surface area contributed by atoms with Crippen LogP contribution in [0.25, 0.3) is 5.69 Å². The summed E-state index contributed by atoms with van der Waals surface area (Å²) in [5.41, 5.74) is 2.34. The summed E-state index contributed by atoms with van der Waals surface area (Å²) in [6.45, 7) is 0. The van der Waals surface area contributed by atoms with Crippen molar-refractivity contribution >= 4 is 0 Å². The summed E-state index contributed by atoms with van der Waals surface area (Å²) in [7, 11) is 0. The molecule has 3 nitrogen and oxygen atoms in total. The quantitative estimate of drug-likeness (QED) is 0.632. The third-order valence-corrected chi connectivity index (χ3v) is 2.70. The molecular weight excluding hydrogens is 253 g/mol. The van der Waals surface area contributed by atoms with E-state index < -0.39 is 0 Å². The Morgan fingerprint density at radius 2 is 1.65 bits per heavy atom. The normalized spacial score (nSPS) is 9.85. The van der Waals surface area contributed by atoms with E-state index in [1.165, 1.54) is 12.1 Å². The summed E-state index contributed by atoms with van der Waals surface area (Å²) >= 11 is 0. The Balaban J connectivity index is 1.84. The lowest BCUT2D eigenvalue weighted by Gasteiger charge is -1.99. The lowest BCUT2D eigenvalue weighted by atomic mass is 10.2. The number of aromatic nitrogens is 3. The van der Waals surface area contributed by atoms with Crippen LogP contribution in [0.1, 0.15) is 11.3 Å². The largest absolute Gasteiger partial charge is 0.265 e. The van der Waals surface area contributed by atoms with Crippen molar-refractivity contribution < 1.29 is 4.39 Å². The Labute approximate surface area is 115 Å². The zero-order chi connectivity index (χ0) is 13.8. The molecule has 1 aromatic carbocycles. The number of pyridine rings is 1. The standard InChI is InChI=1S/C16H10FN3/c17-14-2-5-16(6-3-14)20-12-9-15(19-20)4-1-13-7-10-18-11-8-13/h2-3,5-12H.